The lowest BCUT2D eigenvalue weighted by atomic mass is 10.0. The number of rotatable bonds is 9. The second kappa shape index (κ2) is 12.6. The SMILES string of the molecule is Cc1nc(CS(=O)(=O)N(Cl)c2c(F)ccc3c(Oc4ncccc4-c4ccnc(N[C@H]5CCCNC5)n4)c(C)ccc23)cs1. The van der Waals surface area contributed by atoms with Crippen LogP contribution < -0.4 is 19.2 Å². The first kappa shape index (κ1) is 30.1. The molecule has 0 radical (unpaired) electrons. The van der Waals surface area contributed by atoms with Gasteiger partial charge in [0.2, 0.25) is 11.8 Å². The van der Waals surface area contributed by atoms with Gasteiger partial charge in [0.1, 0.15) is 23.0 Å². The van der Waals surface area contributed by atoms with Crippen LogP contribution >= 0.6 is 23.1 Å². The number of hydrogen-bond donors (Lipinski definition) is 2. The third-order valence-corrected chi connectivity index (χ3v) is 10.2. The Kier molecular flexibility index (Phi) is 8.63. The van der Waals surface area contributed by atoms with Gasteiger partial charge in [-0.15, -0.1) is 11.3 Å². The van der Waals surface area contributed by atoms with Gasteiger partial charge >= 0.3 is 0 Å². The second-order valence-electron chi connectivity index (χ2n) is 10.4. The number of nitrogens with zero attached hydrogens (tertiary/aromatic N) is 5. The number of piperidine rings is 1. The standard InChI is InChI=1S/C30H29ClFN7O3S2/c1-18-7-8-22-23(9-10-25(32)27(22)39(31)44(40,41)17-21-16-43-19(2)36-21)28(18)42-29-24(6-4-13-34-29)26-11-14-35-30(38-26)37-20-5-3-12-33-15-20/h4,6-11,13-14,16,20,33H,3,5,12,15,17H2,1-2H3,(H,35,37,38)/t20-/m0/s1. The molecule has 1 aliphatic rings. The van der Waals surface area contributed by atoms with Crippen LogP contribution in [0.3, 0.4) is 0 Å². The molecule has 2 aromatic carbocycles. The molecule has 1 aliphatic heterocycles. The fourth-order valence-electron chi connectivity index (χ4n) is 5.12. The van der Waals surface area contributed by atoms with Crippen LogP contribution in [0.15, 0.2) is 60.2 Å². The van der Waals surface area contributed by atoms with Crippen molar-refractivity contribution in [3.8, 4) is 22.9 Å². The average molecular weight is 654 g/mol. The summed E-state index contributed by atoms with van der Waals surface area (Å²) in [5.74, 6) is -0.123. The molecule has 44 heavy (non-hydrogen) atoms. The molecule has 14 heteroatoms. The van der Waals surface area contributed by atoms with Crippen LogP contribution in [-0.4, -0.2) is 47.5 Å². The van der Waals surface area contributed by atoms with E-state index in [1.807, 2.05) is 13.0 Å². The van der Waals surface area contributed by atoms with Crippen LogP contribution in [0.5, 0.6) is 11.6 Å². The van der Waals surface area contributed by atoms with Crippen molar-refractivity contribution in [3.05, 3.63) is 82.3 Å². The van der Waals surface area contributed by atoms with E-state index in [0.29, 0.717) is 37.9 Å². The molecule has 0 unspecified atom stereocenters. The third-order valence-electron chi connectivity index (χ3n) is 7.22. The average Bonchev–Trinajstić information content (AvgIpc) is 3.42. The first-order valence-electron chi connectivity index (χ1n) is 13.9. The number of benzene rings is 2. The number of sulfonamides is 1. The van der Waals surface area contributed by atoms with Gasteiger partial charge in [0.05, 0.1) is 22.0 Å². The zero-order chi connectivity index (χ0) is 30.8. The quantitative estimate of drug-likeness (QED) is 0.175. The van der Waals surface area contributed by atoms with Crippen LogP contribution in [0.4, 0.5) is 16.0 Å². The van der Waals surface area contributed by atoms with Crippen molar-refractivity contribution in [2.24, 2.45) is 0 Å². The maximum atomic E-state index is 15.3. The molecule has 0 spiro atoms. The molecule has 4 heterocycles. The van der Waals surface area contributed by atoms with Crippen LogP contribution in [0.1, 0.15) is 29.1 Å². The monoisotopic (exact) mass is 653 g/mol. The van der Waals surface area contributed by atoms with Crippen LogP contribution in [-0.2, 0) is 15.8 Å². The van der Waals surface area contributed by atoms with Crippen molar-refractivity contribution in [1.82, 2.24) is 25.3 Å². The Balaban J connectivity index is 1.35. The highest BCUT2D eigenvalue weighted by atomic mass is 35.5. The Hall–Kier alpha value is -3.91. The van der Waals surface area contributed by atoms with Gasteiger partial charge in [0.25, 0.3) is 10.0 Å². The molecule has 1 atom stereocenters. The summed E-state index contributed by atoms with van der Waals surface area (Å²) >= 11 is 7.71. The van der Waals surface area contributed by atoms with Crippen molar-refractivity contribution < 1.29 is 17.5 Å². The smallest absolute Gasteiger partial charge is 0.254 e. The number of aryl methyl sites for hydroxylation is 2. The maximum Gasteiger partial charge on any atom is 0.254 e. The van der Waals surface area contributed by atoms with E-state index in [2.05, 4.69) is 25.6 Å². The highest BCUT2D eigenvalue weighted by Gasteiger charge is 2.28. The number of hydrogen-bond acceptors (Lipinski definition) is 10. The molecule has 0 aliphatic carbocycles. The van der Waals surface area contributed by atoms with E-state index in [4.69, 9.17) is 21.5 Å². The Morgan fingerprint density at radius 2 is 1.95 bits per heavy atom. The summed E-state index contributed by atoms with van der Waals surface area (Å²) in [5.41, 5.74) is 1.99. The molecular formula is C30H29ClFN7O3S2. The summed E-state index contributed by atoms with van der Waals surface area (Å²) in [6.45, 7) is 5.45. The van der Waals surface area contributed by atoms with E-state index in [9.17, 15) is 8.42 Å². The second-order valence-corrected chi connectivity index (χ2v) is 13.9. The number of pyridine rings is 1. The number of anilines is 2. The molecule has 10 nitrogen and oxygen atoms in total. The topological polar surface area (TPSA) is 122 Å². The predicted octanol–water partition coefficient (Wildman–Crippen LogP) is 6.35. The summed E-state index contributed by atoms with van der Waals surface area (Å²) in [7, 11) is -4.18. The third kappa shape index (κ3) is 6.32. The molecule has 6 rings (SSSR count). The van der Waals surface area contributed by atoms with E-state index in [1.165, 1.54) is 23.5 Å². The molecule has 1 fully saturated rings. The summed E-state index contributed by atoms with van der Waals surface area (Å²) in [6.07, 6.45) is 5.38. The zero-order valence-corrected chi connectivity index (χ0v) is 26.3. The van der Waals surface area contributed by atoms with E-state index < -0.39 is 21.6 Å². The lowest BCUT2D eigenvalue weighted by Crippen LogP contribution is -2.38. The van der Waals surface area contributed by atoms with Crippen molar-refractivity contribution in [3.63, 3.8) is 0 Å². The van der Waals surface area contributed by atoms with Crippen LogP contribution in [0.25, 0.3) is 22.0 Å². The minimum Gasteiger partial charge on any atom is -0.437 e. The summed E-state index contributed by atoms with van der Waals surface area (Å²) in [6, 6.07) is 11.7. The van der Waals surface area contributed by atoms with E-state index in [-0.39, 0.29) is 23.0 Å². The highest BCUT2D eigenvalue weighted by Crippen LogP contribution is 2.42. The van der Waals surface area contributed by atoms with Crippen molar-refractivity contribution in [2.75, 3.05) is 22.2 Å². The van der Waals surface area contributed by atoms with Gasteiger partial charge in [-0.2, -0.15) is 3.82 Å². The van der Waals surface area contributed by atoms with Crippen molar-refractivity contribution in [1.29, 1.82) is 0 Å². The fraction of sp³-hybridized carbons (Fsp3) is 0.267. The highest BCUT2D eigenvalue weighted by molar-refractivity contribution is 7.93. The number of ether oxygens (including phenoxy) is 1. The van der Waals surface area contributed by atoms with Gasteiger partial charge in [-0.1, -0.05) is 12.1 Å². The summed E-state index contributed by atoms with van der Waals surface area (Å²) < 4.78 is 48.7. The fourth-order valence-corrected chi connectivity index (χ4v) is 7.25. The minimum absolute atomic E-state index is 0.229. The number of thiazole rings is 1. The summed E-state index contributed by atoms with van der Waals surface area (Å²) in [4.78, 5) is 17.8. The van der Waals surface area contributed by atoms with E-state index in [1.54, 1.807) is 49.0 Å². The lowest BCUT2D eigenvalue weighted by molar-refractivity contribution is 0.466. The molecule has 3 aromatic heterocycles. The molecule has 0 amide bonds. The minimum atomic E-state index is -4.18. The number of nitrogens with one attached hydrogen (secondary N) is 2. The largest absolute Gasteiger partial charge is 0.437 e. The number of fused-ring (bicyclic) bond motifs is 1. The Labute approximate surface area is 263 Å². The van der Waals surface area contributed by atoms with Gasteiger partial charge in [0.15, 0.2) is 0 Å². The first-order valence-corrected chi connectivity index (χ1v) is 16.8. The zero-order valence-electron chi connectivity index (χ0n) is 23.9. The summed E-state index contributed by atoms with van der Waals surface area (Å²) in [5, 5.41) is 9.84. The molecule has 5 aromatic rings. The lowest BCUT2D eigenvalue weighted by Gasteiger charge is -2.23. The van der Waals surface area contributed by atoms with Crippen molar-refractivity contribution >= 4 is 55.5 Å². The molecule has 228 valence electrons. The van der Waals surface area contributed by atoms with Crippen molar-refractivity contribution in [2.45, 2.75) is 38.5 Å². The first-order chi connectivity index (χ1) is 21.2. The van der Waals surface area contributed by atoms with E-state index >= 15 is 4.39 Å². The van der Waals surface area contributed by atoms with Gasteiger partial charge in [-0.3, -0.25) is 0 Å². The Morgan fingerprint density at radius 3 is 2.73 bits per heavy atom. The number of aromatic nitrogens is 4. The maximum absolute atomic E-state index is 15.3. The Morgan fingerprint density at radius 1 is 1.11 bits per heavy atom. The molecular weight excluding hydrogens is 625 g/mol. The Bertz CT molecular complexity index is 1930. The van der Waals surface area contributed by atoms with Gasteiger partial charge < -0.3 is 15.4 Å². The van der Waals surface area contributed by atoms with Gasteiger partial charge in [-0.05, 0) is 69.1 Å². The van der Waals surface area contributed by atoms with E-state index in [0.717, 1.165) is 36.5 Å². The molecule has 1 saturated heterocycles. The molecule has 2 N–H and O–H groups in total. The normalized spacial score (nSPS) is 15.3. The van der Waals surface area contributed by atoms with Gasteiger partial charge in [-0.25, -0.2) is 32.7 Å². The van der Waals surface area contributed by atoms with Gasteiger partial charge in [0, 0.05) is 52.9 Å². The predicted molar refractivity (Wildman–Crippen MR) is 171 cm³/mol. The number of halogens is 2. The molecule has 0 saturated carbocycles. The van der Waals surface area contributed by atoms with Crippen LogP contribution in [0.2, 0.25) is 0 Å². The van der Waals surface area contributed by atoms with Crippen LogP contribution in [0, 0.1) is 19.7 Å². The molecule has 0 bridgehead atoms.